The third-order valence-electron chi connectivity index (χ3n) is 3.07. The van der Waals surface area contributed by atoms with Gasteiger partial charge in [-0.25, -0.2) is 9.97 Å². The molecule has 1 fully saturated rings. The van der Waals surface area contributed by atoms with Gasteiger partial charge in [0.1, 0.15) is 18.2 Å². The van der Waals surface area contributed by atoms with Gasteiger partial charge in [-0.2, -0.15) is 0 Å². The van der Waals surface area contributed by atoms with E-state index >= 15 is 0 Å². The van der Waals surface area contributed by atoms with Gasteiger partial charge in [0, 0.05) is 25.8 Å². The monoisotopic (exact) mass is 266 g/mol. The molecule has 0 aromatic carbocycles. The first-order valence-electron chi connectivity index (χ1n) is 6.76. The first-order chi connectivity index (χ1) is 9.21. The lowest BCUT2D eigenvalue weighted by Gasteiger charge is -2.32. The number of nitrogens with zero attached hydrogens (tertiary/aromatic N) is 2. The number of aliphatic hydroxyl groups is 1. The van der Waals surface area contributed by atoms with Gasteiger partial charge in [-0.05, 0) is 19.3 Å². The molecule has 2 rings (SSSR count). The van der Waals surface area contributed by atoms with Crippen LogP contribution in [0, 0.1) is 0 Å². The molecule has 106 valence electrons. The van der Waals surface area contributed by atoms with Crippen molar-refractivity contribution in [2.24, 2.45) is 0 Å². The first-order valence-corrected chi connectivity index (χ1v) is 6.76. The van der Waals surface area contributed by atoms with E-state index in [1.807, 2.05) is 6.07 Å². The summed E-state index contributed by atoms with van der Waals surface area (Å²) in [5.41, 5.74) is 0. The molecule has 1 aliphatic rings. The van der Waals surface area contributed by atoms with E-state index in [4.69, 9.17) is 4.74 Å². The molecule has 0 radical (unpaired) electrons. The zero-order valence-corrected chi connectivity index (χ0v) is 11.5. The Morgan fingerprint density at radius 1 is 1.37 bits per heavy atom. The van der Waals surface area contributed by atoms with Gasteiger partial charge in [0.05, 0.1) is 6.10 Å². The Labute approximate surface area is 113 Å². The predicted octanol–water partition coefficient (Wildman–Crippen LogP) is 1.38. The van der Waals surface area contributed by atoms with Gasteiger partial charge >= 0.3 is 0 Å². The second-order valence-electron chi connectivity index (χ2n) is 4.88. The minimum Gasteiger partial charge on any atom is -0.393 e. The second-order valence-corrected chi connectivity index (χ2v) is 4.88. The standard InChI is InChI=1S/C13H22N4O2/c1-3-4-14-11-7-12(15-9-5-10(18)6-9)17-13(16-11)8-19-2/h7,9-10,18H,3-6,8H2,1-2H3,(H2,14,15,16,17). The average Bonchev–Trinajstić information content (AvgIpc) is 2.35. The summed E-state index contributed by atoms with van der Waals surface area (Å²) in [6.07, 6.45) is 2.43. The molecule has 1 aromatic rings. The summed E-state index contributed by atoms with van der Waals surface area (Å²) in [6.45, 7) is 3.38. The van der Waals surface area contributed by atoms with E-state index in [0.717, 1.165) is 37.4 Å². The number of hydrogen-bond acceptors (Lipinski definition) is 6. The van der Waals surface area contributed by atoms with Crippen molar-refractivity contribution in [2.45, 2.75) is 44.9 Å². The van der Waals surface area contributed by atoms with Crippen LogP contribution in [0.4, 0.5) is 11.6 Å². The summed E-state index contributed by atoms with van der Waals surface area (Å²) in [7, 11) is 1.63. The Balaban J connectivity index is 2.04. The highest BCUT2D eigenvalue weighted by molar-refractivity contribution is 5.48. The molecule has 1 saturated carbocycles. The molecule has 6 nitrogen and oxygen atoms in total. The number of rotatable bonds is 7. The fraction of sp³-hybridized carbons (Fsp3) is 0.692. The molecule has 0 unspecified atom stereocenters. The number of aromatic nitrogens is 2. The van der Waals surface area contributed by atoms with E-state index in [9.17, 15) is 5.11 Å². The first kappa shape index (κ1) is 14.0. The molecule has 0 bridgehead atoms. The molecule has 1 aliphatic carbocycles. The van der Waals surface area contributed by atoms with Crippen LogP contribution in [0.1, 0.15) is 32.0 Å². The lowest BCUT2D eigenvalue weighted by atomic mass is 9.89. The van der Waals surface area contributed by atoms with Gasteiger partial charge in [-0.15, -0.1) is 0 Å². The third kappa shape index (κ3) is 4.04. The highest BCUT2D eigenvalue weighted by Crippen LogP contribution is 2.24. The molecule has 1 aromatic heterocycles. The van der Waals surface area contributed by atoms with Crippen LogP contribution in [-0.2, 0) is 11.3 Å². The van der Waals surface area contributed by atoms with Gasteiger partial charge in [0.2, 0.25) is 0 Å². The maximum absolute atomic E-state index is 9.30. The van der Waals surface area contributed by atoms with Crippen LogP contribution in [0.2, 0.25) is 0 Å². The topological polar surface area (TPSA) is 79.3 Å². The molecule has 0 atom stereocenters. The Morgan fingerprint density at radius 2 is 2.11 bits per heavy atom. The van der Waals surface area contributed by atoms with Crippen LogP contribution >= 0.6 is 0 Å². The molecule has 6 heteroatoms. The van der Waals surface area contributed by atoms with E-state index in [-0.39, 0.29) is 6.10 Å². The Bertz CT molecular complexity index is 408. The van der Waals surface area contributed by atoms with Gasteiger partial charge in [0.25, 0.3) is 0 Å². The number of hydrogen-bond donors (Lipinski definition) is 3. The fourth-order valence-electron chi connectivity index (χ4n) is 2.02. The van der Waals surface area contributed by atoms with Gasteiger partial charge in [-0.1, -0.05) is 6.92 Å². The molecular formula is C13H22N4O2. The molecule has 0 saturated heterocycles. The summed E-state index contributed by atoms with van der Waals surface area (Å²) >= 11 is 0. The van der Waals surface area contributed by atoms with Crippen LogP contribution in [-0.4, -0.2) is 40.9 Å². The highest BCUT2D eigenvalue weighted by atomic mass is 16.5. The number of anilines is 2. The summed E-state index contributed by atoms with van der Waals surface area (Å²) in [4.78, 5) is 8.80. The van der Waals surface area contributed by atoms with Crippen molar-refractivity contribution >= 4 is 11.6 Å². The molecule has 0 aliphatic heterocycles. The van der Waals surface area contributed by atoms with Crippen LogP contribution in [0.5, 0.6) is 0 Å². The van der Waals surface area contributed by atoms with E-state index in [2.05, 4.69) is 27.5 Å². The molecule has 0 amide bonds. The van der Waals surface area contributed by atoms with Crippen molar-refractivity contribution in [1.82, 2.24) is 9.97 Å². The van der Waals surface area contributed by atoms with Gasteiger partial charge < -0.3 is 20.5 Å². The Hall–Kier alpha value is -1.40. The third-order valence-corrected chi connectivity index (χ3v) is 3.07. The largest absolute Gasteiger partial charge is 0.393 e. The predicted molar refractivity (Wildman–Crippen MR) is 74.2 cm³/mol. The molecule has 3 N–H and O–H groups in total. The zero-order chi connectivity index (χ0) is 13.7. The van der Waals surface area contributed by atoms with Crippen molar-refractivity contribution in [3.8, 4) is 0 Å². The van der Waals surface area contributed by atoms with Crippen molar-refractivity contribution in [3.63, 3.8) is 0 Å². The van der Waals surface area contributed by atoms with Crippen LogP contribution < -0.4 is 10.6 Å². The summed E-state index contributed by atoms with van der Waals surface area (Å²) in [5.74, 6) is 2.26. The number of aliphatic hydroxyl groups excluding tert-OH is 1. The van der Waals surface area contributed by atoms with Crippen molar-refractivity contribution in [3.05, 3.63) is 11.9 Å². The molecule has 19 heavy (non-hydrogen) atoms. The Kier molecular flexibility index (Phi) is 4.93. The van der Waals surface area contributed by atoms with Crippen LogP contribution in [0.15, 0.2) is 6.07 Å². The summed E-state index contributed by atoms with van der Waals surface area (Å²) in [6, 6.07) is 2.21. The van der Waals surface area contributed by atoms with E-state index in [0.29, 0.717) is 18.5 Å². The van der Waals surface area contributed by atoms with Gasteiger partial charge in [-0.3, -0.25) is 0 Å². The van der Waals surface area contributed by atoms with E-state index in [1.54, 1.807) is 7.11 Å². The fourth-order valence-corrected chi connectivity index (χ4v) is 2.02. The molecule has 0 spiro atoms. The SMILES string of the molecule is CCCNc1cc(NC2CC(O)C2)nc(COC)n1. The number of methoxy groups -OCH3 is 1. The number of nitrogens with one attached hydrogen (secondary N) is 2. The van der Waals surface area contributed by atoms with Crippen LogP contribution in [0.3, 0.4) is 0 Å². The van der Waals surface area contributed by atoms with Crippen molar-refractivity contribution < 1.29 is 9.84 Å². The second kappa shape index (κ2) is 6.68. The lowest BCUT2D eigenvalue weighted by Crippen LogP contribution is -2.39. The minimum absolute atomic E-state index is 0.171. The summed E-state index contributed by atoms with van der Waals surface area (Å²) in [5, 5.41) is 15.9. The molecule has 1 heterocycles. The molecular weight excluding hydrogens is 244 g/mol. The maximum Gasteiger partial charge on any atom is 0.158 e. The lowest BCUT2D eigenvalue weighted by molar-refractivity contribution is 0.0835. The number of ether oxygens (including phenoxy) is 1. The quantitative estimate of drug-likeness (QED) is 0.692. The smallest absolute Gasteiger partial charge is 0.158 e. The average molecular weight is 266 g/mol. The van der Waals surface area contributed by atoms with Crippen molar-refractivity contribution in [2.75, 3.05) is 24.3 Å². The summed E-state index contributed by atoms with van der Waals surface area (Å²) < 4.78 is 5.08. The minimum atomic E-state index is -0.171. The highest BCUT2D eigenvalue weighted by Gasteiger charge is 2.27. The Morgan fingerprint density at radius 3 is 2.74 bits per heavy atom. The van der Waals surface area contributed by atoms with Crippen LogP contribution in [0.25, 0.3) is 0 Å². The van der Waals surface area contributed by atoms with E-state index in [1.165, 1.54) is 0 Å². The zero-order valence-electron chi connectivity index (χ0n) is 11.5. The van der Waals surface area contributed by atoms with E-state index < -0.39 is 0 Å². The van der Waals surface area contributed by atoms with Crippen molar-refractivity contribution in [1.29, 1.82) is 0 Å². The normalized spacial score (nSPS) is 21.8. The maximum atomic E-state index is 9.30. The van der Waals surface area contributed by atoms with Gasteiger partial charge in [0.15, 0.2) is 5.82 Å².